The molecular weight excluding hydrogens is 307 g/mol. The number of hydrogen-bond acceptors (Lipinski definition) is 4. The Hall–Kier alpha value is -1.66. The molecule has 2 N–H and O–H groups in total. The molecule has 0 radical (unpaired) electrons. The maximum Gasteiger partial charge on any atom is 0.222 e. The molecule has 1 amide bonds. The number of halogens is 1. The van der Waals surface area contributed by atoms with Gasteiger partial charge in [0.15, 0.2) is 0 Å². The van der Waals surface area contributed by atoms with Crippen LogP contribution in [-0.4, -0.2) is 49.1 Å². The van der Waals surface area contributed by atoms with Gasteiger partial charge in [0.2, 0.25) is 5.91 Å². The van der Waals surface area contributed by atoms with Crippen LogP contribution in [0.5, 0.6) is 0 Å². The molecule has 0 spiro atoms. The molecule has 6 heteroatoms. The van der Waals surface area contributed by atoms with E-state index >= 15 is 0 Å². The first kappa shape index (κ1) is 17.2. The highest BCUT2D eigenvalue weighted by Crippen LogP contribution is 2.21. The van der Waals surface area contributed by atoms with E-state index in [0.717, 1.165) is 38.3 Å². The summed E-state index contributed by atoms with van der Waals surface area (Å²) in [6.07, 6.45) is 1.53. The maximum atomic E-state index is 13.0. The predicted molar refractivity (Wildman–Crippen MR) is 93.1 cm³/mol. The zero-order chi connectivity index (χ0) is 17.1. The number of nitrogens with zero attached hydrogens (tertiary/aromatic N) is 2. The van der Waals surface area contributed by atoms with Crippen molar-refractivity contribution in [2.24, 2.45) is 5.92 Å². The third-order valence-electron chi connectivity index (χ3n) is 5.34. The molecular formula is C18H27FN4O. The Kier molecular flexibility index (Phi) is 5.36. The quantitative estimate of drug-likeness (QED) is 0.881. The van der Waals surface area contributed by atoms with Gasteiger partial charge in [-0.2, -0.15) is 0 Å². The molecule has 0 saturated carbocycles. The van der Waals surface area contributed by atoms with Crippen LogP contribution in [0.25, 0.3) is 0 Å². The van der Waals surface area contributed by atoms with Crippen LogP contribution in [0.4, 0.5) is 10.1 Å². The lowest BCUT2D eigenvalue weighted by Crippen LogP contribution is -2.49. The van der Waals surface area contributed by atoms with E-state index in [4.69, 9.17) is 0 Å². The molecule has 2 aliphatic heterocycles. The minimum absolute atomic E-state index is 0.216. The number of carbonyl (C=O) groups is 1. The molecule has 5 nitrogen and oxygen atoms in total. The largest absolute Gasteiger partial charge is 0.368 e. The molecule has 1 aromatic carbocycles. The monoisotopic (exact) mass is 334 g/mol. The zero-order valence-corrected chi connectivity index (χ0v) is 14.5. The van der Waals surface area contributed by atoms with Crippen LogP contribution in [0.1, 0.15) is 26.7 Å². The summed E-state index contributed by atoms with van der Waals surface area (Å²) < 4.78 is 13.0. The molecule has 24 heavy (non-hydrogen) atoms. The molecule has 0 aliphatic carbocycles. The van der Waals surface area contributed by atoms with Gasteiger partial charge in [-0.15, -0.1) is 0 Å². The lowest BCUT2D eigenvalue weighted by Gasteiger charge is -2.36. The van der Waals surface area contributed by atoms with E-state index in [2.05, 4.69) is 29.6 Å². The number of hydrogen-bond donors (Lipinski definition) is 2. The number of benzene rings is 1. The molecule has 2 fully saturated rings. The topological polar surface area (TPSA) is 47.6 Å². The first-order valence-electron chi connectivity index (χ1n) is 8.84. The van der Waals surface area contributed by atoms with Gasteiger partial charge in [-0.25, -0.2) is 4.39 Å². The summed E-state index contributed by atoms with van der Waals surface area (Å²) in [5.74, 6) is 0.529. The molecule has 2 unspecified atom stereocenters. The zero-order valence-electron chi connectivity index (χ0n) is 14.5. The summed E-state index contributed by atoms with van der Waals surface area (Å²) >= 11 is 0. The average molecular weight is 334 g/mol. The Bertz CT molecular complexity index is 547. The van der Waals surface area contributed by atoms with Crippen LogP contribution in [-0.2, 0) is 4.79 Å². The lowest BCUT2D eigenvalue weighted by atomic mass is 9.91. The van der Waals surface area contributed by atoms with Gasteiger partial charge >= 0.3 is 0 Å². The average Bonchev–Trinajstić information content (AvgIpc) is 2.92. The fourth-order valence-electron chi connectivity index (χ4n) is 3.72. The minimum Gasteiger partial charge on any atom is -0.368 e. The van der Waals surface area contributed by atoms with E-state index in [1.807, 2.05) is 4.90 Å². The van der Waals surface area contributed by atoms with Crippen LogP contribution in [0.15, 0.2) is 24.3 Å². The number of hydrazine groups is 1. The van der Waals surface area contributed by atoms with Crippen molar-refractivity contribution < 1.29 is 9.18 Å². The third kappa shape index (κ3) is 3.87. The predicted octanol–water partition coefficient (Wildman–Crippen LogP) is 1.76. The second-order valence-corrected chi connectivity index (χ2v) is 6.91. The van der Waals surface area contributed by atoms with Crippen LogP contribution < -0.4 is 15.8 Å². The number of piperazine rings is 1. The summed E-state index contributed by atoms with van der Waals surface area (Å²) in [6, 6.07) is 7.38. The van der Waals surface area contributed by atoms with Crippen LogP contribution >= 0.6 is 0 Å². The summed E-state index contributed by atoms with van der Waals surface area (Å²) in [5.41, 5.74) is 7.51. The Morgan fingerprint density at radius 2 is 1.67 bits per heavy atom. The Labute approximate surface area is 143 Å². The van der Waals surface area contributed by atoms with E-state index < -0.39 is 0 Å². The lowest BCUT2D eigenvalue weighted by molar-refractivity contribution is -0.131. The van der Waals surface area contributed by atoms with Crippen LogP contribution in [0.2, 0.25) is 0 Å². The first-order chi connectivity index (χ1) is 11.5. The first-order valence-corrected chi connectivity index (χ1v) is 8.84. The molecule has 3 rings (SSSR count). The molecule has 2 aliphatic rings. The van der Waals surface area contributed by atoms with Crippen molar-refractivity contribution in [2.45, 2.75) is 38.8 Å². The number of rotatable bonds is 4. The molecule has 0 bridgehead atoms. The molecule has 2 heterocycles. The maximum absolute atomic E-state index is 13.0. The minimum atomic E-state index is -0.216. The summed E-state index contributed by atoms with van der Waals surface area (Å²) in [4.78, 5) is 16.6. The Morgan fingerprint density at radius 1 is 1.08 bits per heavy atom. The second-order valence-electron chi connectivity index (χ2n) is 6.91. The van der Waals surface area contributed by atoms with Crippen molar-refractivity contribution >= 4 is 11.6 Å². The van der Waals surface area contributed by atoms with E-state index in [0.29, 0.717) is 24.4 Å². The molecule has 1 aromatic rings. The van der Waals surface area contributed by atoms with Gasteiger partial charge in [-0.1, -0.05) is 0 Å². The fourth-order valence-corrected chi connectivity index (χ4v) is 3.72. The van der Waals surface area contributed by atoms with Crippen molar-refractivity contribution in [3.63, 3.8) is 0 Å². The van der Waals surface area contributed by atoms with Crippen molar-refractivity contribution in [1.29, 1.82) is 0 Å². The molecule has 132 valence electrons. The highest BCUT2D eigenvalue weighted by Gasteiger charge is 2.30. The highest BCUT2D eigenvalue weighted by atomic mass is 19.1. The number of carbonyl (C=O) groups excluding carboxylic acids is 1. The summed E-state index contributed by atoms with van der Waals surface area (Å²) in [7, 11) is 0. The normalized spacial score (nSPS) is 27.5. The molecule has 2 atom stereocenters. The van der Waals surface area contributed by atoms with Gasteiger partial charge in [0.05, 0.1) is 0 Å². The van der Waals surface area contributed by atoms with Gasteiger partial charge in [-0.3, -0.25) is 15.6 Å². The molecule has 0 aromatic heterocycles. The van der Waals surface area contributed by atoms with Crippen LogP contribution in [0.3, 0.4) is 0 Å². The van der Waals surface area contributed by atoms with E-state index in [1.54, 1.807) is 12.1 Å². The van der Waals surface area contributed by atoms with Gasteiger partial charge in [0.1, 0.15) is 5.82 Å². The van der Waals surface area contributed by atoms with Crippen molar-refractivity contribution in [3.05, 3.63) is 30.1 Å². The standard InChI is InChI=1S/C18H27FN4O/c1-13-17(14(2)21-20-13)7-8-18(24)23-11-9-22(10-12-23)16-5-3-15(19)4-6-16/h3-6,13-14,17,20-21H,7-12H2,1-2H3. The second kappa shape index (κ2) is 7.49. The third-order valence-corrected chi connectivity index (χ3v) is 5.34. The van der Waals surface area contributed by atoms with Crippen molar-refractivity contribution in [2.75, 3.05) is 31.1 Å². The van der Waals surface area contributed by atoms with E-state index in [9.17, 15) is 9.18 Å². The number of anilines is 1. The van der Waals surface area contributed by atoms with Gasteiger partial charge in [0.25, 0.3) is 0 Å². The Balaban J connectivity index is 1.46. The summed E-state index contributed by atoms with van der Waals surface area (Å²) in [6.45, 7) is 7.40. The number of amides is 1. The molecule has 2 saturated heterocycles. The van der Waals surface area contributed by atoms with Gasteiger partial charge in [-0.05, 0) is 50.5 Å². The SMILES string of the molecule is CC1NNC(C)C1CCC(=O)N1CCN(c2ccc(F)cc2)CC1. The van der Waals surface area contributed by atoms with Crippen molar-refractivity contribution in [1.82, 2.24) is 15.8 Å². The smallest absolute Gasteiger partial charge is 0.222 e. The van der Waals surface area contributed by atoms with Crippen LogP contribution in [0, 0.1) is 11.7 Å². The van der Waals surface area contributed by atoms with Gasteiger partial charge < -0.3 is 9.80 Å². The number of nitrogens with one attached hydrogen (secondary N) is 2. The summed E-state index contributed by atoms with van der Waals surface area (Å²) in [5, 5.41) is 0. The van der Waals surface area contributed by atoms with E-state index in [1.165, 1.54) is 12.1 Å². The van der Waals surface area contributed by atoms with E-state index in [-0.39, 0.29) is 11.7 Å². The highest BCUT2D eigenvalue weighted by molar-refractivity contribution is 5.76. The fraction of sp³-hybridized carbons (Fsp3) is 0.611. The van der Waals surface area contributed by atoms with Gasteiger partial charge in [0, 0.05) is 50.4 Å². The van der Waals surface area contributed by atoms with Crippen molar-refractivity contribution in [3.8, 4) is 0 Å². The Morgan fingerprint density at radius 3 is 2.25 bits per heavy atom.